The minimum atomic E-state index is -0.0624. The molecule has 1 atom stereocenters. The van der Waals surface area contributed by atoms with Crippen molar-refractivity contribution in [1.82, 2.24) is 4.90 Å². The molecule has 28 heavy (non-hydrogen) atoms. The van der Waals surface area contributed by atoms with E-state index in [1.54, 1.807) is 26.4 Å². The Balaban J connectivity index is 1.46. The highest BCUT2D eigenvalue weighted by molar-refractivity contribution is 5.92. The fourth-order valence-corrected chi connectivity index (χ4v) is 3.83. The van der Waals surface area contributed by atoms with Gasteiger partial charge in [-0.15, -0.1) is 0 Å². The van der Waals surface area contributed by atoms with Crippen molar-refractivity contribution in [2.75, 3.05) is 39.4 Å². The highest BCUT2D eigenvalue weighted by Crippen LogP contribution is 2.39. The number of anilines is 1. The summed E-state index contributed by atoms with van der Waals surface area (Å²) in [5.74, 6) is 2.88. The third kappa shape index (κ3) is 3.71. The van der Waals surface area contributed by atoms with E-state index in [-0.39, 0.29) is 18.7 Å². The van der Waals surface area contributed by atoms with Crippen molar-refractivity contribution >= 4 is 11.6 Å². The molecule has 2 aromatic rings. The number of hydrogen-bond acceptors (Lipinski definition) is 6. The van der Waals surface area contributed by atoms with Crippen molar-refractivity contribution in [2.45, 2.75) is 18.9 Å². The lowest BCUT2D eigenvalue weighted by Gasteiger charge is -2.26. The Morgan fingerprint density at radius 2 is 2.00 bits per heavy atom. The van der Waals surface area contributed by atoms with Gasteiger partial charge in [0.05, 0.1) is 20.8 Å². The van der Waals surface area contributed by atoms with Crippen molar-refractivity contribution in [3.05, 3.63) is 42.0 Å². The predicted octanol–water partition coefficient (Wildman–Crippen LogP) is 3.21. The maximum absolute atomic E-state index is 12.6. The number of nitrogens with one attached hydrogen (secondary N) is 1. The molecule has 1 N–H and O–H groups in total. The standard InChI is InChI=1S/C21H24N2O5/c1-25-15-6-8-18(26-2)16(11-15)17-4-3-9-23(17)12-21(24)22-14-5-7-19-20(10-14)28-13-27-19/h5-8,10-11,17H,3-4,9,12-13H2,1-2H3,(H,22,24). The van der Waals surface area contributed by atoms with Crippen LogP contribution < -0.4 is 24.3 Å². The van der Waals surface area contributed by atoms with Crippen LogP contribution in [0.4, 0.5) is 5.69 Å². The normalized spacial score (nSPS) is 18.1. The van der Waals surface area contributed by atoms with Crippen LogP contribution in [0.5, 0.6) is 23.0 Å². The summed E-state index contributed by atoms with van der Waals surface area (Å²) in [4.78, 5) is 14.8. The molecule has 0 bridgehead atoms. The zero-order valence-electron chi connectivity index (χ0n) is 16.1. The van der Waals surface area contributed by atoms with Gasteiger partial charge in [-0.05, 0) is 49.7 Å². The SMILES string of the molecule is COc1ccc(OC)c(C2CCCN2CC(=O)Nc2ccc3c(c2)OCO3)c1. The summed E-state index contributed by atoms with van der Waals surface area (Å²) >= 11 is 0. The van der Waals surface area contributed by atoms with Crippen LogP contribution in [-0.4, -0.2) is 44.9 Å². The molecule has 2 heterocycles. The second-order valence-electron chi connectivity index (χ2n) is 6.85. The average Bonchev–Trinajstić information content (AvgIpc) is 3.36. The fraction of sp³-hybridized carbons (Fsp3) is 0.381. The molecular formula is C21H24N2O5. The van der Waals surface area contributed by atoms with Gasteiger partial charge in [0.15, 0.2) is 11.5 Å². The number of likely N-dealkylation sites (tertiary alicyclic amines) is 1. The minimum absolute atomic E-state index is 0.0624. The van der Waals surface area contributed by atoms with Crippen molar-refractivity contribution in [2.24, 2.45) is 0 Å². The molecule has 0 radical (unpaired) electrons. The molecule has 1 saturated heterocycles. The number of carbonyl (C=O) groups excluding carboxylic acids is 1. The summed E-state index contributed by atoms with van der Waals surface area (Å²) in [5.41, 5.74) is 1.75. The largest absolute Gasteiger partial charge is 0.497 e. The second kappa shape index (κ2) is 7.98. The molecule has 1 amide bonds. The molecule has 2 aliphatic heterocycles. The van der Waals surface area contributed by atoms with E-state index in [4.69, 9.17) is 18.9 Å². The zero-order valence-corrected chi connectivity index (χ0v) is 16.1. The summed E-state index contributed by atoms with van der Waals surface area (Å²) < 4.78 is 21.6. The molecular weight excluding hydrogens is 360 g/mol. The van der Waals surface area contributed by atoms with Gasteiger partial charge in [0, 0.05) is 23.4 Å². The van der Waals surface area contributed by atoms with Crippen molar-refractivity contribution < 1.29 is 23.7 Å². The van der Waals surface area contributed by atoms with E-state index < -0.39 is 0 Å². The van der Waals surface area contributed by atoms with Crippen LogP contribution in [0, 0.1) is 0 Å². The van der Waals surface area contributed by atoms with Gasteiger partial charge in [-0.2, -0.15) is 0 Å². The van der Waals surface area contributed by atoms with Gasteiger partial charge < -0.3 is 24.3 Å². The minimum Gasteiger partial charge on any atom is -0.497 e. The molecule has 0 saturated carbocycles. The predicted molar refractivity (Wildman–Crippen MR) is 104 cm³/mol. The first-order valence-corrected chi connectivity index (χ1v) is 9.33. The number of fused-ring (bicyclic) bond motifs is 1. The van der Waals surface area contributed by atoms with E-state index in [0.717, 1.165) is 36.4 Å². The highest BCUT2D eigenvalue weighted by Gasteiger charge is 2.30. The topological polar surface area (TPSA) is 69.3 Å². The zero-order chi connectivity index (χ0) is 19.5. The summed E-state index contributed by atoms with van der Waals surface area (Å²) in [7, 11) is 3.31. The van der Waals surface area contributed by atoms with Crippen LogP contribution in [0.3, 0.4) is 0 Å². The van der Waals surface area contributed by atoms with Crippen LogP contribution in [-0.2, 0) is 4.79 Å². The van der Waals surface area contributed by atoms with Gasteiger partial charge in [-0.25, -0.2) is 0 Å². The van der Waals surface area contributed by atoms with Gasteiger partial charge in [-0.3, -0.25) is 9.69 Å². The monoisotopic (exact) mass is 384 g/mol. The third-order valence-corrected chi connectivity index (χ3v) is 5.16. The van der Waals surface area contributed by atoms with Crippen LogP contribution >= 0.6 is 0 Å². The molecule has 0 aliphatic carbocycles. The van der Waals surface area contributed by atoms with Gasteiger partial charge >= 0.3 is 0 Å². The van der Waals surface area contributed by atoms with Gasteiger partial charge in [0.25, 0.3) is 0 Å². The summed E-state index contributed by atoms with van der Waals surface area (Å²) in [5, 5.41) is 2.95. The van der Waals surface area contributed by atoms with E-state index >= 15 is 0 Å². The van der Waals surface area contributed by atoms with Crippen LogP contribution in [0.1, 0.15) is 24.4 Å². The quantitative estimate of drug-likeness (QED) is 0.825. The Bertz CT molecular complexity index is 870. The van der Waals surface area contributed by atoms with Crippen molar-refractivity contribution in [3.63, 3.8) is 0 Å². The maximum atomic E-state index is 12.6. The maximum Gasteiger partial charge on any atom is 0.238 e. The smallest absolute Gasteiger partial charge is 0.238 e. The van der Waals surface area contributed by atoms with Gasteiger partial charge in [0.1, 0.15) is 11.5 Å². The van der Waals surface area contributed by atoms with Gasteiger partial charge in [-0.1, -0.05) is 0 Å². The Hall–Kier alpha value is -2.93. The Kier molecular flexibility index (Phi) is 5.25. The lowest BCUT2D eigenvalue weighted by molar-refractivity contribution is -0.117. The lowest BCUT2D eigenvalue weighted by atomic mass is 10.0. The number of rotatable bonds is 6. The van der Waals surface area contributed by atoms with Crippen LogP contribution in [0.15, 0.2) is 36.4 Å². The number of ether oxygens (including phenoxy) is 4. The number of nitrogens with zero attached hydrogens (tertiary/aromatic N) is 1. The number of methoxy groups -OCH3 is 2. The first-order chi connectivity index (χ1) is 13.7. The van der Waals surface area contributed by atoms with E-state index in [1.165, 1.54) is 0 Å². The molecule has 7 nitrogen and oxygen atoms in total. The summed E-state index contributed by atoms with van der Waals surface area (Å²) in [6.07, 6.45) is 2.00. The fourth-order valence-electron chi connectivity index (χ4n) is 3.83. The lowest BCUT2D eigenvalue weighted by Crippen LogP contribution is -2.33. The van der Waals surface area contributed by atoms with E-state index in [1.807, 2.05) is 24.3 Å². The Morgan fingerprint density at radius 1 is 1.14 bits per heavy atom. The van der Waals surface area contributed by atoms with Crippen LogP contribution in [0.2, 0.25) is 0 Å². The molecule has 7 heteroatoms. The molecule has 1 fully saturated rings. The molecule has 2 aromatic carbocycles. The second-order valence-corrected chi connectivity index (χ2v) is 6.85. The van der Waals surface area contributed by atoms with E-state index in [9.17, 15) is 4.79 Å². The van der Waals surface area contributed by atoms with Crippen LogP contribution in [0.25, 0.3) is 0 Å². The molecule has 148 valence electrons. The number of hydrogen-bond donors (Lipinski definition) is 1. The molecule has 2 aliphatic rings. The molecule has 1 unspecified atom stereocenters. The van der Waals surface area contributed by atoms with Gasteiger partial charge in [0.2, 0.25) is 12.7 Å². The molecule has 0 spiro atoms. The Morgan fingerprint density at radius 3 is 2.82 bits per heavy atom. The average molecular weight is 384 g/mol. The van der Waals surface area contributed by atoms with Crippen molar-refractivity contribution in [3.8, 4) is 23.0 Å². The number of benzene rings is 2. The van der Waals surface area contributed by atoms with E-state index in [0.29, 0.717) is 23.7 Å². The molecule has 0 aromatic heterocycles. The first-order valence-electron chi connectivity index (χ1n) is 9.33. The third-order valence-electron chi connectivity index (χ3n) is 5.16. The number of amides is 1. The summed E-state index contributed by atoms with van der Waals surface area (Å²) in [6.45, 7) is 1.38. The number of carbonyl (C=O) groups is 1. The van der Waals surface area contributed by atoms with E-state index in [2.05, 4.69) is 10.2 Å². The summed E-state index contributed by atoms with van der Waals surface area (Å²) in [6, 6.07) is 11.3. The Labute approximate surface area is 164 Å². The van der Waals surface area contributed by atoms with Crippen molar-refractivity contribution in [1.29, 1.82) is 0 Å². The first kappa shape index (κ1) is 18.4. The molecule has 4 rings (SSSR count). The highest BCUT2D eigenvalue weighted by atomic mass is 16.7.